The van der Waals surface area contributed by atoms with Gasteiger partial charge in [0.25, 0.3) is 0 Å². The fraction of sp³-hybridized carbons (Fsp3) is 0.417. The molecule has 1 rings (SSSR count). The molecule has 0 aliphatic carbocycles. The predicted molar refractivity (Wildman–Crippen MR) is 66.6 cm³/mol. The van der Waals surface area contributed by atoms with E-state index >= 15 is 0 Å². The summed E-state index contributed by atoms with van der Waals surface area (Å²) < 4.78 is 4.85. The van der Waals surface area contributed by atoms with Crippen LogP contribution in [0.3, 0.4) is 0 Å². The van der Waals surface area contributed by atoms with Gasteiger partial charge in [0.1, 0.15) is 0 Å². The van der Waals surface area contributed by atoms with Crippen LogP contribution in [0.25, 0.3) is 0 Å². The molecule has 3 nitrogen and oxygen atoms in total. The Morgan fingerprint density at radius 2 is 2.19 bits per heavy atom. The number of halogens is 1. The summed E-state index contributed by atoms with van der Waals surface area (Å²) in [7, 11) is 0. The van der Waals surface area contributed by atoms with Gasteiger partial charge < -0.3 is 10.5 Å². The Morgan fingerprint density at radius 3 is 2.75 bits per heavy atom. The molecule has 0 bridgehead atoms. The summed E-state index contributed by atoms with van der Waals surface area (Å²) in [6.07, 6.45) is 0.233. The summed E-state index contributed by atoms with van der Waals surface area (Å²) >= 11 is 0. The maximum absolute atomic E-state index is 11.2. The first-order valence-corrected chi connectivity index (χ1v) is 5.11. The fourth-order valence-corrected chi connectivity index (χ4v) is 1.42. The number of nitrogens with two attached hydrogens (primary N) is 1. The zero-order valence-corrected chi connectivity index (χ0v) is 10.4. The van der Waals surface area contributed by atoms with Crippen LogP contribution in [0, 0.1) is 6.92 Å². The number of esters is 1. The molecule has 2 N–H and O–H groups in total. The minimum absolute atomic E-state index is 0. The lowest BCUT2D eigenvalue weighted by atomic mass is 10.0. The summed E-state index contributed by atoms with van der Waals surface area (Å²) in [6.45, 7) is 4.19. The van der Waals surface area contributed by atoms with Crippen molar-refractivity contribution < 1.29 is 9.53 Å². The molecule has 0 unspecified atom stereocenters. The van der Waals surface area contributed by atoms with Crippen molar-refractivity contribution in [2.75, 3.05) is 6.61 Å². The third kappa shape index (κ3) is 4.64. The monoisotopic (exact) mass is 243 g/mol. The van der Waals surface area contributed by atoms with E-state index in [1.165, 1.54) is 0 Å². The van der Waals surface area contributed by atoms with Gasteiger partial charge in [0.2, 0.25) is 0 Å². The highest BCUT2D eigenvalue weighted by Crippen LogP contribution is 2.15. The number of hydrogen-bond acceptors (Lipinski definition) is 3. The standard InChI is InChI=1S/C12H17NO2.ClH/c1-3-15-12(14)8-11(13)10-6-4-5-9(2)7-10;/h4-7,11H,3,8,13H2,1-2H3;1H/t11-;/m0./s1. The molecule has 0 aliphatic rings. The Hall–Kier alpha value is -1.06. The van der Waals surface area contributed by atoms with E-state index in [2.05, 4.69) is 0 Å². The molecule has 0 amide bonds. The molecule has 1 atom stereocenters. The predicted octanol–water partition coefficient (Wildman–Crippen LogP) is 2.37. The maximum atomic E-state index is 11.2. The average molecular weight is 244 g/mol. The molecule has 0 spiro atoms. The molecule has 1 aromatic carbocycles. The maximum Gasteiger partial charge on any atom is 0.307 e. The van der Waals surface area contributed by atoms with Crippen molar-refractivity contribution in [3.8, 4) is 0 Å². The van der Waals surface area contributed by atoms with Crippen molar-refractivity contribution in [2.24, 2.45) is 5.73 Å². The second-order valence-electron chi connectivity index (χ2n) is 3.53. The van der Waals surface area contributed by atoms with Crippen LogP contribution in [0.15, 0.2) is 24.3 Å². The average Bonchev–Trinajstić information content (AvgIpc) is 2.18. The molecule has 90 valence electrons. The van der Waals surface area contributed by atoms with Crippen molar-refractivity contribution in [1.29, 1.82) is 0 Å². The number of rotatable bonds is 4. The summed E-state index contributed by atoms with van der Waals surface area (Å²) in [4.78, 5) is 11.2. The lowest BCUT2D eigenvalue weighted by Crippen LogP contribution is -2.17. The molecule has 0 aromatic heterocycles. The second kappa shape index (κ2) is 7.25. The normalized spacial score (nSPS) is 11.4. The first-order chi connectivity index (χ1) is 7.13. The number of carbonyl (C=O) groups is 1. The van der Waals surface area contributed by atoms with E-state index in [4.69, 9.17) is 10.5 Å². The zero-order chi connectivity index (χ0) is 11.3. The van der Waals surface area contributed by atoms with Crippen LogP contribution in [0.5, 0.6) is 0 Å². The third-order valence-electron chi connectivity index (χ3n) is 2.16. The molecular weight excluding hydrogens is 226 g/mol. The molecular formula is C12H18ClNO2. The zero-order valence-electron chi connectivity index (χ0n) is 9.60. The fourth-order valence-electron chi connectivity index (χ4n) is 1.42. The molecule has 4 heteroatoms. The number of aryl methyl sites for hydroxylation is 1. The van der Waals surface area contributed by atoms with E-state index in [0.717, 1.165) is 11.1 Å². The van der Waals surface area contributed by atoms with Crippen LogP contribution in [0.4, 0.5) is 0 Å². The molecule has 1 aromatic rings. The van der Waals surface area contributed by atoms with Gasteiger partial charge >= 0.3 is 5.97 Å². The van der Waals surface area contributed by atoms with Gasteiger partial charge in [0.15, 0.2) is 0 Å². The Bertz CT molecular complexity index is 342. The Balaban J connectivity index is 0.00000225. The first-order valence-electron chi connectivity index (χ1n) is 5.11. The van der Waals surface area contributed by atoms with Crippen molar-refractivity contribution >= 4 is 18.4 Å². The molecule has 0 saturated carbocycles. The van der Waals surface area contributed by atoms with Gasteiger partial charge in [-0.25, -0.2) is 0 Å². The number of benzene rings is 1. The lowest BCUT2D eigenvalue weighted by molar-refractivity contribution is -0.143. The summed E-state index contributed by atoms with van der Waals surface area (Å²) in [6, 6.07) is 7.58. The molecule has 0 saturated heterocycles. The van der Waals surface area contributed by atoms with Gasteiger partial charge in [-0.1, -0.05) is 29.8 Å². The van der Waals surface area contributed by atoms with Gasteiger partial charge in [0.05, 0.1) is 13.0 Å². The highest BCUT2D eigenvalue weighted by Gasteiger charge is 2.12. The number of hydrogen-bond donors (Lipinski definition) is 1. The van der Waals surface area contributed by atoms with Crippen molar-refractivity contribution in [1.82, 2.24) is 0 Å². The van der Waals surface area contributed by atoms with Crippen LogP contribution in [-0.4, -0.2) is 12.6 Å². The van der Waals surface area contributed by atoms with Crippen LogP contribution < -0.4 is 5.73 Å². The van der Waals surface area contributed by atoms with Crippen molar-refractivity contribution in [2.45, 2.75) is 26.3 Å². The van der Waals surface area contributed by atoms with E-state index in [1.54, 1.807) is 6.92 Å². The molecule has 16 heavy (non-hydrogen) atoms. The first kappa shape index (κ1) is 14.9. The molecule has 0 radical (unpaired) electrons. The number of carbonyl (C=O) groups excluding carboxylic acids is 1. The van der Waals surface area contributed by atoms with Gasteiger partial charge in [-0.3, -0.25) is 4.79 Å². The highest BCUT2D eigenvalue weighted by molar-refractivity contribution is 5.85. The smallest absolute Gasteiger partial charge is 0.307 e. The van der Waals surface area contributed by atoms with E-state index in [9.17, 15) is 4.79 Å². The largest absolute Gasteiger partial charge is 0.466 e. The topological polar surface area (TPSA) is 52.3 Å². The van der Waals surface area contributed by atoms with Crippen molar-refractivity contribution in [3.05, 3.63) is 35.4 Å². The SMILES string of the molecule is CCOC(=O)C[C@H](N)c1cccc(C)c1.Cl. The quantitative estimate of drug-likeness (QED) is 0.826. The summed E-state index contributed by atoms with van der Waals surface area (Å²) in [5.41, 5.74) is 8.01. The molecule has 0 heterocycles. The summed E-state index contributed by atoms with van der Waals surface area (Å²) in [5.74, 6) is -0.244. The van der Waals surface area contributed by atoms with E-state index in [-0.39, 0.29) is 30.8 Å². The summed E-state index contributed by atoms with van der Waals surface area (Å²) in [5, 5.41) is 0. The van der Waals surface area contributed by atoms with Gasteiger partial charge in [-0.05, 0) is 19.4 Å². The van der Waals surface area contributed by atoms with E-state index in [0.29, 0.717) is 6.61 Å². The van der Waals surface area contributed by atoms with Gasteiger partial charge in [-0.15, -0.1) is 12.4 Å². The van der Waals surface area contributed by atoms with Crippen LogP contribution in [-0.2, 0) is 9.53 Å². The second-order valence-corrected chi connectivity index (χ2v) is 3.53. The third-order valence-corrected chi connectivity index (χ3v) is 2.16. The van der Waals surface area contributed by atoms with Gasteiger partial charge in [-0.2, -0.15) is 0 Å². The molecule has 0 fully saturated rings. The lowest BCUT2D eigenvalue weighted by Gasteiger charge is -2.11. The Kier molecular flexibility index (Phi) is 6.77. The van der Waals surface area contributed by atoms with Crippen molar-refractivity contribution in [3.63, 3.8) is 0 Å². The van der Waals surface area contributed by atoms with Gasteiger partial charge in [0, 0.05) is 6.04 Å². The van der Waals surface area contributed by atoms with Crippen LogP contribution >= 0.6 is 12.4 Å². The van der Waals surface area contributed by atoms with E-state index in [1.807, 2.05) is 31.2 Å². The minimum atomic E-state index is -0.274. The van der Waals surface area contributed by atoms with Crippen LogP contribution in [0.2, 0.25) is 0 Å². The number of ether oxygens (including phenoxy) is 1. The van der Waals surface area contributed by atoms with Crippen LogP contribution in [0.1, 0.15) is 30.5 Å². The Labute approximate surface area is 102 Å². The highest BCUT2D eigenvalue weighted by atomic mass is 35.5. The van der Waals surface area contributed by atoms with E-state index < -0.39 is 0 Å². The Morgan fingerprint density at radius 1 is 1.50 bits per heavy atom. The minimum Gasteiger partial charge on any atom is -0.466 e. The molecule has 0 aliphatic heterocycles.